The number of nitrogens with zero attached hydrogens (tertiary/aromatic N) is 2. The molecule has 0 spiro atoms. The van der Waals surface area contributed by atoms with Crippen molar-refractivity contribution in [1.29, 1.82) is 0 Å². The van der Waals surface area contributed by atoms with Gasteiger partial charge in [0.25, 0.3) is 0 Å². The summed E-state index contributed by atoms with van der Waals surface area (Å²) in [5.41, 5.74) is 0. The van der Waals surface area contributed by atoms with E-state index < -0.39 is 12.0 Å². The van der Waals surface area contributed by atoms with Crippen LogP contribution in [0.15, 0.2) is 0 Å². The summed E-state index contributed by atoms with van der Waals surface area (Å²) in [6.07, 6.45) is 3.00. The fourth-order valence-corrected chi connectivity index (χ4v) is 7.46. The minimum Gasteiger partial charge on any atom is -0.480 e. The highest BCUT2D eigenvalue weighted by molar-refractivity contribution is 8.17. The lowest BCUT2D eigenvalue weighted by molar-refractivity contribution is -0.895. The van der Waals surface area contributed by atoms with Crippen LogP contribution in [0.5, 0.6) is 0 Å². The number of quaternary nitrogens is 1. The molecule has 0 radical (unpaired) electrons. The number of rotatable bonds is 7. The Labute approximate surface area is 145 Å². The van der Waals surface area contributed by atoms with E-state index in [1.54, 1.807) is 23.5 Å². The van der Waals surface area contributed by atoms with Crippen LogP contribution >= 0.6 is 23.5 Å². The lowest BCUT2D eigenvalue weighted by Gasteiger charge is -2.43. The Morgan fingerprint density at radius 3 is 2.74 bits per heavy atom. The zero-order valence-corrected chi connectivity index (χ0v) is 15.0. The Bertz CT molecular complexity index is 484. The minimum atomic E-state index is -0.908. The van der Waals surface area contributed by atoms with Crippen molar-refractivity contribution >= 4 is 35.4 Å². The average Bonchev–Trinajstić information content (AvgIpc) is 3.07. The molecule has 0 aromatic rings. The fourth-order valence-electron chi connectivity index (χ4n) is 3.83. The van der Waals surface area contributed by atoms with Crippen molar-refractivity contribution < 1.29 is 24.3 Å². The molecule has 0 aromatic carbocycles. The number of carbonyl (C=O) groups is 2. The van der Waals surface area contributed by atoms with E-state index in [2.05, 4.69) is 7.05 Å². The number of β-lactam (4-membered cyclic amide) rings is 1. The number of carboxylic acids is 1. The molecule has 3 fully saturated rings. The molecule has 6 nitrogen and oxygen atoms in total. The number of carboxylic acid groups (broad SMARTS) is 1. The number of amides is 1. The van der Waals surface area contributed by atoms with Crippen molar-refractivity contribution in [2.45, 2.75) is 35.3 Å². The zero-order valence-electron chi connectivity index (χ0n) is 13.4. The van der Waals surface area contributed by atoms with E-state index in [1.165, 1.54) is 30.8 Å². The van der Waals surface area contributed by atoms with Gasteiger partial charge in [0.15, 0.2) is 6.04 Å². The van der Waals surface area contributed by atoms with Gasteiger partial charge in [0.05, 0.1) is 42.6 Å². The van der Waals surface area contributed by atoms with Crippen molar-refractivity contribution in [2.75, 3.05) is 39.0 Å². The third-order valence-electron chi connectivity index (χ3n) is 5.27. The van der Waals surface area contributed by atoms with Gasteiger partial charge in [-0.05, 0) is 6.42 Å². The summed E-state index contributed by atoms with van der Waals surface area (Å²) in [5, 5.41) is 18.5. The SMILES string of the molecule is C[N+]1(CCSC2SC3[C@@H](CCO)C(=O)N3C2C(=O)O)CCCC1. The highest BCUT2D eigenvalue weighted by Gasteiger charge is 2.60. The van der Waals surface area contributed by atoms with Crippen LogP contribution in [0.2, 0.25) is 0 Å². The molecule has 3 aliphatic heterocycles. The van der Waals surface area contributed by atoms with E-state index >= 15 is 0 Å². The number of aliphatic carboxylic acids is 1. The zero-order chi connectivity index (χ0) is 16.6. The van der Waals surface area contributed by atoms with Gasteiger partial charge in [-0.1, -0.05) is 0 Å². The van der Waals surface area contributed by atoms with E-state index in [9.17, 15) is 14.7 Å². The smallest absolute Gasteiger partial charge is 0.328 e. The largest absolute Gasteiger partial charge is 0.480 e. The molecule has 3 rings (SSSR count). The Hall–Kier alpha value is -0.440. The van der Waals surface area contributed by atoms with Crippen LogP contribution in [0.25, 0.3) is 0 Å². The first-order valence-corrected chi connectivity index (χ1v) is 10.2. The van der Waals surface area contributed by atoms with E-state index in [1.807, 2.05) is 0 Å². The molecule has 3 unspecified atom stereocenters. The highest BCUT2D eigenvalue weighted by Crippen LogP contribution is 2.52. The van der Waals surface area contributed by atoms with Gasteiger partial charge in [-0.2, -0.15) is 0 Å². The summed E-state index contributed by atoms with van der Waals surface area (Å²) in [6.45, 7) is 3.47. The molecule has 4 atom stereocenters. The van der Waals surface area contributed by atoms with Crippen molar-refractivity contribution in [2.24, 2.45) is 5.92 Å². The second kappa shape index (κ2) is 6.82. The fraction of sp³-hybridized carbons (Fsp3) is 0.867. The molecular weight excluding hydrogens is 336 g/mol. The summed E-state index contributed by atoms with van der Waals surface area (Å²) < 4.78 is 0.987. The van der Waals surface area contributed by atoms with Gasteiger partial charge in [-0.15, -0.1) is 23.5 Å². The summed E-state index contributed by atoms with van der Waals surface area (Å²) in [5.74, 6) is -0.293. The third-order valence-corrected chi connectivity index (χ3v) is 8.38. The lowest BCUT2D eigenvalue weighted by Crippen LogP contribution is -2.61. The third kappa shape index (κ3) is 3.23. The quantitative estimate of drug-likeness (QED) is 0.512. The van der Waals surface area contributed by atoms with Gasteiger partial charge < -0.3 is 19.6 Å². The first kappa shape index (κ1) is 17.4. The Morgan fingerprint density at radius 2 is 2.13 bits per heavy atom. The van der Waals surface area contributed by atoms with Crippen LogP contribution in [0, 0.1) is 5.92 Å². The van der Waals surface area contributed by atoms with E-state index in [4.69, 9.17) is 5.11 Å². The number of aliphatic hydroxyl groups excluding tert-OH is 1. The van der Waals surface area contributed by atoms with Crippen LogP contribution < -0.4 is 0 Å². The Balaban J connectivity index is 1.58. The second-order valence-corrected chi connectivity index (χ2v) is 9.72. The monoisotopic (exact) mass is 361 g/mol. The van der Waals surface area contributed by atoms with Gasteiger partial charge in [-0.25, -0.2) is 4.79 Å². The van der Waals surface area contributed by atoms with E-state index in [0.29, 0.717) is 6.42 Å². The molecule has 0 aliphatic carbocycles. The predicted molar refractivity (Wildman–Crippen MR) is 91.1 cm³/mol. The van der Waals surface area contributed by atoms with Crippen molar-refractivity contribution in [3.05, 3.63) is 0 Å². The van der Waals surface area contributed by atoms with Gasteiger partial charge in [-0.3, -0.25) is 4.79 Å². The first-order valence-electron chi connectivity index (χ1n) is 8.23. The molecule has 3 aliphatic rings. The summed E-state index contributed by atoms with van der Waals surface area (Å²) in [4.78, 5) is 25.3. The maximum absolute atomic E-state index is 12.2. The minimum absolute atomic E-state index is 0.0211. The first-order chi connectivity index (χ1) is 11.0. The Morgan fingerprint density at radius 1 is 1.43 bits per heavy atom. The molecule has 3 saturated heterocycles. The van der Waals surface area contributed by atoms with E-state index in [0.717, 1.165) is 16.8 Å². The molecule has 130 valence electrons. The molecule has 2 N–H and O–H groups in total. The normalized spacial score (nSPS) is 35.2. The molecule has 3 heterocycles. The Kier molecular flexibility index (Phi) is 5.15. The van der Waals surface area contributed by atoms with Crippen molar-refractivity contribution in [3.63, 3.8) is 0 Å². The molecule has 0 bridgehead atoms. The molecular formula is C15H25N2O4S2+. The standard InChI is InChI=1S/C15H24N2O4S2/c1-17(5-2-3-6-17)7-9-22-15-11(14(20)21)16-12(19)10(4-8-18)13(16)23-15/h10-11,13,15,18H,2-9H2,1H3/p+1/t10-,11?,13?,15?/m0/s1. The molecule has 1 amide bonds. The van der Waals surface area contributed by atoms with Gasteiger partial charge >= 0.3 is 5.97 Å². The maximum atomic E-state index is 12.2. The predicted octanol–water partition coefficient (Wildman–Crippen LogP) is 0.653. The van der Waals surface area contributed by atoms with Crippen molar-refractivity contribution in [1.82, 2.24) is 4.90 Å². The summed E-state index contributed by atoms with van der Waals surface area (Å²) in [6, 6.07) is -0.721. The van der Waals surface area contributed by atoms with Crippen LogP contribution in [-0.4, -0.2) is 86.5 Å². The average molecular weight is 362 g/mol. The number of hydrogen-bond acceptors (Lipinski definition) is 5. The van der Waals surface area contributed by atoms with Gasteiger partial charge in [0.2, 0.25) is 5.91 Å². The van der Waals surface area contributed by atoms with Crippen LogP contribution in [0.1, 0.15) is 19.3 Å². The van der Waals surface area contributed by atoms with Crippen molar-refractivity contribution in [3.8, 4) is 0 Å². The number of thioether (sulfide) groups is 2. The number of hydrogen-bond donors (Lipinski definition) is 2. The van der Waals surface area contributed by atoms with Crippen LogP contribution in [0.4, 0.5) is 0 Å². The van der Waals surface area contributed by atoms with E-state index in [-0.39, 0.29) is 28.4 Å². The number of carbonyl (C=O) groups excluding carboxylic acids is 1. The van der Waals surface area contributed by atoms with Crippen LogP contribution in [0.3, 0.4) is 0 Å². The van der Waals surface area contributed by atoms with Gasteiger partial charge in [0, 0.05) is 25.2 Å². The topological polar surface area (TPSA) is 77.8 Å². The number of aliphatic hydroxyl groups is 1. The number of likely N-dealkylation sites (tertiary alicyclic amines) is 1. The summed E-state index contributed by atoms with van der Waals surface area (Å²) in [7, 11) is 2.28. The lowest BCUT2D eigenvalue weighted by atomic mass is 9.93. The molecule has 8 heteroatoms. The maximum Gasteiger partial charge on any atom is 0.328 e. The van der Waals surface area contributed by atoms with Crippen LogP contribution in [-0.2, 0) is 9.59 Å². The molecule has 0 aromatic heterocycles. The second-order valence-electron chi connectivity index (χ2n) is 6.91. The number of fused-ring (bicyclic) bond motifs is 1. The molecule has 23 heavy (non-hydrogen) atoms. The highest BCUT2D eigenvalue weighted by atomic mass is 32.2. The van der Waals surface area contributed by atoms with Gasteiger partial charge in [0.1, 0.15) is 0 Å². The summed E-state index contributed by atoms with van der Waals surface area (Å²) >= 11 is 3.28. The molecule has 0 saturated carbocycles.